The molecule has 0 aliphatic heterocycles. The second-order valence-corrected chi connectivity index (χ2v) is 4.06. The van der Waals surface area contributed by atoms with E-state index in [2.05, 4.69) is 9.97 Å². The smallest absolute Gasteiger partial charge is 0.243 e. The minimum absolute atomic E-state index is 0.169. The quantitative estimate of drug-likeness (QED) is 0.775. The summed E-state index contributed by atoms with van der Waals surface area (Å²) in [6, 6.07) is 5.68. The van der Waals surface area contributed by atoms with Gasteiger partial charge in [0.1, 0.15) is 0 Å². The van der Waals surface area contributed by atoms with Crippen molar-refractivity contribution in [3.63, 3.8) is 0 Å². The molecular formula is C14H14N2O2. The molecule has 1 aromatic carbocycles. The van der Waals surface area contributed by atoms with E-state index in [1.54, 1.807) is 6.07 Å². The Morgan fingerprint density at radius 2 is 1.89 bits per heavy atom. The average molecular weight is 242 g/mol. The molecule has 4 nitrogen and oxygen atoms in total. The standard InChI is InChI=1S/C14H14N2O2/c1-9-4-5-11(10(2)8-9)13(17)12-14(18-3)16-7-6-15-12/h4-8H,1-3H3. The molecule has 0 spiro atoms. The van der Waals surface area contributed by atoms with Gasteiger partial charge >= 0.3 is 0 Å². The lowest BCUT2D eigenvalue weighted by Gasteiger charge is -2.07. The zero-order valence-corrected chi connectivity index (χ0v) is 10.6. The summed E-state index contributed by atoms with van der Waals surface area (Å²) in [5, 5.41) is 0. The first kappa shape index (κ1) is 12.2. The number of nitrogens with zero attached hydrogens (tertiary/aromatic N) is 2. The third kappa shape index (κ3) is 2.22. The van der Waals surface area contributed by atoms with E-state index in [4.69, 9.17) is 4.74 Å². The molecule has 0 unspecified atom stereocenters. The highest BCUT2D eigenvalue weighted by atomic mass is 16.5. The molecule has 0 saturated carbocycles. The number of rotatable bonds is 3. The molecule has 92 valence electrons. The van der Waals surface area contributed by atoms with Crippen molar-refractivity contribution in [2.45, 2.75) is 13.8 Å². The summed E-state index contributed by atoms with van der Waals surface area (Å²) >= 11 is 0. The van der Waals surface area contributed by atoms with Gasteiger partial charge in [0.2, 0.25) is 11.7 Å². The number of ether oxygens (including phenoxy) is 1. The van der Waals surface area contributed by atoms with Crippen molar-refractivity contribution in [2.75, 3.05) is 7.11 Å². The van der Waals surface area contributed by atoms with Crippen LogP contribution in [0.25, 0.3) is 0 Å². The number of carbonyl (C=O) groups excluding carboxylic acids is 1. The summed E-state index contributed by atoms with van der Waals surface area (Å²) in [7, 11) is 1.47. The molecule has 0 fully saturated rings. The van der Waals surface area contributed by atoms with Crippen LogP contribution in [0.1, 0.15) is 27.2 Å². The Hall–Kier alpha value is -2.23. The lowest BCUT2D eigenvalue weighted by atomic mass is 10.0. The van der Waals surface area contributed by atoms with Crippen LogP contribution in [0.3, 0.4) is 0 Å². The van der Waals surface area contributed by atoms with E-state index in [0.29, 0.717) is 5.56 Å². The van der Waals surface area contributed by atoms with Gasteiger partial charge in [-0.05, 0) is 19.4 Å². The molecule has 0 atom stereocenters. The van der Waals surface area contributed by atoms with Gasteiger partial charge in [-0.1, -0.05) is 23.8 Å². The molecule has 1 aromatic heterocycles. The molecule has 0 amide bonds. The van der Waals surface area contributed by atoms with Gasteiger partial charge in [0.05, 0.1) is 7.11 Å². The van der Waals surface area contributed by atoms with Crippen LogP contribution in [-0.2, 0) is 0 Å². The Balaban J connectivity index is 2.48. The summed E-state index contributed by atoms with van der Waals surface area (Å²) in [5.74, 6) is 0.0833. The van der Waals surface area contributed by atoms with Crippen LogP contribution in [0.2, 0.25) is 0 Å². The number of hydrogen-bond donors (Lipinski definition) is 0. The molecule has 0 aliphatic rings. The van der Waals surface area contributed by atoms with E-state index >= 15 is 0 Å². The van der Waals surface area contributed by atoms with Crippen molar-refractivity contribution in [2.24, 2.45) is 0 Å². The van der Waals surface area contributed by atoms with Gasteiger partial charge in [0.15, 0.2) is 5.69 Å². The Morgan fingerprint density at radius 3 is 2.56 bits per heavy atom. The van der Waals surface area contributed by atoms with Crippen molar-refractivity contribution in [3.05, 3.63) is 53.0 Å². The summed E-state index contributed by atoms with van der Waals surface area (Å²) in [5.41, 5.74) is 2.91. The topological polar surface area (TPSA) is 52.1 Å². The Bertz CT molecular complexity index is 594. The van der Waals surface area contributed by atoms with Crippen molar-refractivity contribution in [1.82, 2.24) is 9.97 Å². The van der Waals surface area contributed by atoms with Crippen LogP contribution in [0.4, 0.5) is 0 Å². The van der Waals surface area contributed by atoms with Gasteiger partial charge in [-0.15, -0.1) is 0 Å². The zero-order chi connectivity index (χ0) is 13.1. The Kier molecular flexibility index (Phi) is 3.37. The fourth-order valence-electron chi connectivity index (χ4n) is 1.83. The molecule has 4 heteroatoms. The van der Waals surface area contributed by atoms with E-state index in [-0.39, 0.29) is 17.4 Å². The van der Waals surface area contributed by atoms with E-state index < -0.39 is 0 Å². The van der Waals surface area contributed by atoms with Crippen molar-refractivity contribution in [1.29, 1.82) is 0 Å². The molecule has 1 heterocycles. The van der Waals surface area contributed by atoms with Crippen molar-refractivity contribution in [3.8, 4) is 5.88 Å². The summed E-state index contributed by atoms with van der Waals surface area (Å²) in [4.78, 5) is 20.4. The number of carbonyl (C=O) groups is 1. The third-order valence-corrected chi connectivity index (χ3v) is 2.70. The van der Waals surface area contributed by atoms with Crippen LogP contribution in [0, 0.1) is 13.8 Å². The second kappa shape index (κ2) is 4.96. The predicted molar refractivity (Wildman–Crippen MR) is 67.9 cm³/mol. The molecule has 2 rings (SSSR count). The maximum absolute atomic E-state index is 12.4. The number of hydrogen-bond acceptors (Lipinski definition) is 4. The van der Waals surface area contributed by atoms with E-state index in [9.17, 15) is 4.79 Å². The summed E-state index contributed by atoms with van der Waals surface area (Å²) in [6.07, 6.45) is 2.98. The van der Waals surface area contributed by atoms with Crippen molar-refractivity contribution >= 4 is 5.78 Å². The largest absolute Gasteiger partial charge is 0.479 e. The minimum atomic E-state index is -0.169. The molecular weight excluding hydrogens is 228 g/mol. The van der Waals surface area contributed by atoms with Crippen LogP contribution in [0.15, 0.2) is 30.6 Å². The highest BCUT2D eigenvalue weighted by Gasteiger charge is 2.18. The number of aryl methyl sites for hydroxylation is 2. The maximum atomic E-state index is 12.4. The molecule has 0 radical (unpaired) electrons. The monoisotopic (exact) mass is 242 g/mol. The fraction of sp³-hybridized carbons (Fsp3) is 0.214. The molecule has 0 bridgehead atoms. The first-order valence-corrected chi connectivity index (χ1v) is 5.60. The van der Waals surface area contributed by atoms with Gasteiger partial charge in [-0.25, -0.2) is 9.97 Å². The number of methoxy groups -OCH3 is 1. The first-order chi connectivity index (χ1) is 8.63. The normalized spacial score (nSPS) is 10.2. The molecule has 2 aromatic rings. The summed E-state index contributed by atoms with van der Waals surface area (Å²) in [6.45, 7) is 3.90. The lowest BCUT2D eigenvalue weighted by Crippen LogP contribution is -2.09. The number of benzene rings is 1. The predicted octanol–water partition coefficient (Wildman–Crippen LogP) is 2.33. The van der Waals surface area contributed by atoms with E-state index in [0.717, 1.165) is 11.1 Å². The molecule has 0 N–H and O–H groups in total. The molecule has 0 aliphatic carbocycles. The average Bonchev–Trinajstić information content (AvgIpc) is 2.38. The first-order valence-electron chi connectivity index (χ1n) is 5.60. The van der Waals surface area contributed by atoms with Gasteiger partial charge in [0, 0.05) is 18.0 Å². The van der Waals surface area contributed by atoms with E-state index in [1.165, 1.54) is 19.5 Å². The lowest BCUT2D eigenvalue weighted by molar-refractivity contribution is 0.103. The summed E-state index contributed by atoms with van der Waals surface area (Å²) < 4.78 is 5.06. The van der Waals surface area contributed by atoms with Gasteiger partial charge in [-0.2, -0.15) is 0 Å². The van der Waals surface area contributed by atoms with Crippen LogP contribution >= 0.6 is 0 Å². The SMILES string of the molecule is COc1nccnc1C(=O)c1ccc(C)cc1C. The Morgan fingerprint density at radius 1 is 1.17 bits per heavy atom. The number of ketones is 1. The van der Waals surface area contributed by atoms with Crippen LogP contribution in [-0.4, -0.2) is 22.9 Å². The zero-order valence-electron chi connectivity index (χ0n) is 10.6. The van der Waals surface area contributed by atoms with Gasteiger partial charge in [0.25, 0.3) is 0 Å². The van der Waals surface area contributed by atoms with E-state index in [1.807, 2.05) is 26.0 Å². The highest BCUT2D eigenvalue weighted by molar-refractivity contribution is 6.09. The second-order valence-electron chi connectivity index (χ2n) is 4.06. The Labute approximate surface area is 106 Å². The molecule has 18 heavy (non-hydrogen) atoms. The minimum Gasteiger partial charge on any atom is -0.479 e. The highest BCUT2D eigenvalue weighted by Crippen LogP contribution is 2.19. The fourth-order valence-corrected chi connectivity index (χ4v) is 1.83. The van der Waals surface area contributed by atoms with Crippen molar-refractivity contribution < 1.29 is 9.53 Å². The van der Waals surface area contributed by atoms with Crippen LogP contribution in [0.5, 0.6) is 5.88 Å². The van der Waals surface area contributed by atoms with Gasteiger partial charge in [-0.3, -0.25) is 4.79 Å². The number of aromatic nitrogens is 2. The third-order valence-electron chi connectivity index (χ3n) is 2.70. The van der Waals surface area contributed by atoms with Gasteiger partial charge < -0.3 is 4.74 Å². The molecule has 0 saturated heterocycles. The maximum Gasteiger partial charge on any atom is 0.243 e. The van der Waals surface area contributed by atoms with Crippen LogP contribution < -0.4 is 4.74 Å².